The number of rotatable bonds is 8. The maximum absolute atomic E-state index is 10.8. The summed E-state index contributed by atoms with van der Waals surface area (Å²) in [5.41, 5.74) is 15.4. The van der Waals surface area contributed by atoms with Gasteiger partial charge in [0.05, 0.1) is 30.0 Å². The molecule has 0 unspecified atom stereocenters. The third kappa shape index (κ3) is 5.77. The molecule has 0 aliphatic heterocycles. The van der Waals surface area contributed by atoms with Gasteiger partial charge in [0, 0.05) is 36.5 Å². The molecule has 0 saturated carbocycles. The second-order valence-electron chi connectivity index (χ2n) is 6.77. The van der Waals surface area contributed by atoms with Gasteiger partial charge >= 0.3 is 5.97 Å². The van der Waals surface area contributed by atoms with Gasteiger partial charge in [-0.25, -0.2) is 10.8 Å². The van der Waals surface area contributed by atoms with E-state index in [0.29, 0.717) is 35.9 Å². The average Bonchev–Trinajstić information content (AvgIpc) is 2.76. The van der Waals surface area contributed by atoms with Crippen molar-refractivity contribution in [2.24, 2.45) is 16.6 Å². The van der Waals surface area contributed by atoms with Crippen molar-refractivity contribution in [1.82, 2.24) is 9.97 Å². The zero-order valence-corrected chi connectivity index (χ0v) is 17.2. The zero-order valence-electron chi connectivity index (χ0n) is 17.2. The molecule has 160 valence electrons. The van der Waals surface area contributed by atoms with Crippen molar-refractivity contribution in [3.05, 3.63) is 66.1 Å². The van der Waals surface area contributed by atoms with Crippen LogP contribution in [0.5, 0.6) is 0 Å². The molecule has 3 rings (SSSR count). The Morgan fingerprint density at radius 1 is 1.26 bits per heavy atom. The lowest BCUT2D eigenvalue weighted by Gasteiger charge is -2.20. The Kier molecular flexibility index (Phi) is 7.13. The number of nitrogen functional groups attached to an aromatic ring is 1. The van der Waals surface area contributed by atoms with Gasteiger partial charge in [-0.2, -0.15) is 0 Å². The van der Waals surface area contributed by atoms with Crippen molar-refractivity contribution in [3.63, 3.8) is 0 Å². The normalized spacial score (nSPS) is 11.7. The van der Waals surface area contributed by atoms with Crippen molar-refractivity contribution >= 4 is 40.2 Å². The number of anilines is 2. The third-order valence-electron chi connectivity index (χ3n) is 4.43. The number of hydrazine groups is 1. The van der Waals surface area contributed by atoms with E-state index in [0.717, 1.165) is 16.5 Å². The maximum atomic E-state index is 10.8. The Labute approximate surface area is 180 Å². The van der Waals surface area contributed by atoms with Gasteiger partial charge in [-0.15, -0.1) is 0 Å². The average molecular weight is 419 g/mol. The number of ether oxygens (including phenoxy) is 1. The van der Waals surface area contributed by atoms with Crippen molar-refractivity contribution in [3.8, 4) is 0 Å². The van der Waals surface area contributed by atoms with Gasteiger partial charge < -0.3 is 16.2 Å². The SMILES string of the molecule is CC(=O)OCCN=CC(=CN)c1ccc(N)c(N(N)Cc2ccc3ncccc3c2)n1. The molecule has 0 saturated heterocycles. The first-order chi connectivity index (χ1) is 15.0. The van der Waals surface area contributed by atoms with E-state index >= 15 is 0 Å². The van der Waals surface area contributed by atoms with E-state index in [9.17, 15) is 4.79 Å². The quantitative estimate of drug-likeness (QED) is 0.165. The number of hydrogen-bond acceptors (Lipinski definition) is 9. The van der Waals surface area contributed by atoms with Crippen LogP contribution in [0.15, 0.2) is 59.9 Å². The van der Waals surface area contributed by atoms with Gasteiger partial charge in [-0.1, -0.05) is 12.1 Å². The second-order valence-corrected chi connectivity index (χ2v) is 6.77. The lowest BCUT2D eigenvalue weighted by Crippen LogP contribution is -2.32. The molecule has 1 aromatic carbocycles. The Morgan fingerprint density at radius 3 is 2.87 bits per heavy atom. The van der Waals surface area contributed by atoms with Gasteiger partial charge in [-0.05, 0) is 35.9 Å². The van der Waals surface area contributed by atoms with Gasteiger partial charge in [0.2, 0.25) is 0 Å². The maximum Gasteiger partial charge on any atom is 0.302 e. The molecule has 0 radical (unpaired) electrons. The van der Waals surface area contributed by atoms with Crippen LogP contribution in [0.1, 0.15) is 18.2 Å². The Hall–Kier alpha value is -3.98. The topological polar surface area (TPSA) is 146 Å². The monoisotopic (exact) mass is 419 g/mol. The molecule has 0 aliphatic carbocycles. The van der Waals surface area contributed by atoms with Crippen LogP contribution < -0.4 is 22.3 Å². The molecule has 31 heavy (non-hydrogen) atoms. The van der Waals surface area contributed by atoms with E-state index in [1.807, 2.05) is 30.3 Å². The molecule has 0 fully saturated rings. The van der Waals surface area contributed by atoms with Crippen molar-refractivity contribution in [1.29, 1.82) is 0 Å². The number of allylic oxidation sites excluding steroid dienone is 1. The molecule has 0 spiro atoms. The van der Waals surface area contributed by atoms with E-state index in [2.05, 4.69) is 15.0 Å². The van der Waals surface area contributed by atoms with Gasteiger partial charge in [-0.3, -0.25) is 19.8 Å². The first-order valence-electron chi connectivity index (χ1n) is 9.66. The van der Waals surface area contributed by atoms with Crippen LogP contribution >= 0.6 is 0 Å². The van der Waals surface area contributed by atoms with Gasteiger partial charge in [0.15, 0.2) is 5.82 Å². The van der Waals surface area contributed by atoms with Crippen LogP contribution in [0.4, 0.5) is 11.5 Å². The fourth-order valence-electron chi connectivity index (χ4n) is 2.94. The molecule has 0 bridgehead atoms. The van der Waals surface area contributed by atoms with Crippen LogP contribution in [-0.2, 0) is 16.1 Å². The summed E-state index contributed by atoms with van der Waals surface area (Å²) in [6.07, 6.45) is 4.73. The van der Waals surface area contributed by atoms with Crippen LogP contribution in [-0.4, -0.2) is 35.3 Å². The van der Waals surface area contributed by atoms with E-state index < -0.39 is 0 Å². The molecule has 0 atom stereocenters. The summed E-state index contributed by atoms with van der Waals surface area (Å²) in [6.45, 7) is 2.27. The number of carbonyl (C=O) groups excluding carboxylic acids is 1. The van der Waals surface area contributed by atoms with Crippen LogP contribution in [0.25, 0.3) is 16.5 Å². The highest BCUT2D eigenvalue weighted by molar-refractivity contribution is 6.09. The smallest absolute Gasteiger partial charge is 0.302 e. The predicted molar refractivity (Wildman–Crippen MR) is 123 cm³/mol. The van der Waals surface area contributed by atoms with E-state index in [4.69, 9.17) is 22.0 Å². The number of benzene rings is 1. The first-order valence-corrected chi connectivity index (χ1v) is 9.66. The minimum atomic E-state index is -0.347. The Morgan fingerprint density at radius 2 is 2.10 bits per heavy atom. The molecule has 0 amide bonds. The Bertz CT molecular complexity index is 1130. The number of hydrogen-bond donors (Lipinski definition) is 3. The highest BCUT2D eigenvalue weighted by Gasteiger charge is 2.12. The molecule has 2 aromatic heterocycles. The number of nitrogens with two attached hydrogens (primary N) is 3. The fraction of sp³-hybridized carbons (Fsp3) is 0.182. The number of esters is 1. The van der Waals surface area contributed by atoms with Crippen LogP contribution in [0.3, 0.4) is 0 Å². The van der Waals surface area contributed by atoms with E-state index in [1.165, 1.54) is 18.1 Å². The summed E-state index contributed by atoms with van der Waals surface area (Å²) >= 11 is 0. The number of aromatic nitrogens is 2. The lowest BCUT2D eigenvalue weighted by atomic mass is 10.1. The molecule has 3 aromatic rings. The molecule has 6 N–H and O–H groups in total. The molecule has 9 nitrogen and oxygen atoms in total. The number of aliphatic imine (C=N–C) groups is 1. The predicted octanol–water partition coefficient (Wildman–Crippen LogP) is 2.03. The minimum Gasteiger partial charge on any atom is -0.464 e. The van der Waals surface area contributed by atoms with E-state index in [-0.39, 0.29) is 12.6 Å². The molecule has 0 aliphatic rings. The van der Waals surface area contributed by atoms with Crippen molar-refractivity contribution < 1.29 is 9.53 Å². The number of pyridine rings is 2. The third-order valence-corrected chi connectivity index (χ3v) is 4.43. The van der Waals surface area contributed by atoms with Crippen LogP contribution in [0, 0.1) is 0 Å². The zero-order chi connectivity index (χ0) is 22.2. The second kappa shape index (κ2) is 10.2. The minimum absolute atomic E-state index is 0.196. The van der Waals surface area contributed by atoms with Gasteiger partial charge in [0.25, 0.3) is 0 Å². The lowest BCUT2D eigenvalue weighted by molar-refractivity contribution is -0.140. The van der Waals surface area contributed by atoms with Crippen molar-refractivity contribution in [2.75, 3.05) is 23.9 Å². The largest absolute Gasteiger partial charge is 0.464 e. The standard InChI is InChI=1S/C22H25N7O2/c1-15(30)31-10-9-26-13-18(12-23)21-7-5-19(24)22(28-21)29(25)14-16-4-6-20-17(11-16)3-2-8-27-20/h2-8,11-13H,9-10,14,23-25H2,1H3. The Balaban J connectivity index is 1.75. The van der Waals surface area contributed by atoms with Crippen LogP contribution in [0.2, 0.25) is 0 Å². The highest BCUT2D eigenvalue weighted by atomic mass is 16.5. The van der Waals surface area contributed by atoms with E-state index in [1.54, 1.807) is 24.5 Å². The fourth-order valence-corrected chi connectivity index (χ4v) is 2.94. The number of nitrogens with zero attached hydrogens (tertiary/aromatic N) is 4. The summed E-state index contributed by atoms with van der Waals surface area (Å²) in [4.78, 5) is 23.9. The van der Waals surface area contributed by atoms with Crippen molar-refractivity contribution in [2.45, 2.75) is 13.5 Å². The first kappa shape index (κ1) is 21.7. The number of carbonyl (C=O) groups is 1. The summed E-state index contributed by atoms with van der Waals surface area (Å²) in [7, 11) is 0. The molecule has 2 heterocycles. The summed E-state index contributed by atoms with van der Waals surface area (Å²) in [5, 5.41) is 2.52. The molecular formula is C22H25N7O2. The highest BCUT2D eigenvalue weighted by Crippen LogP contribution is 2.23. The summed E-state index contributed by atoms with van der Waals surface area (Å²) < 4.78 is 4.85. The molecular weight excluding hydrogens is 394 g/mol. The molecule has 9 heteroatoms. The van der Waals surface area contributed by atoms with Gasteiger partial charge in [0.1, 0.15) is 6.61 Å². The summed E-state index contributed by atoms with van der Waals surface area (Å²) in [5.74, 6) is 6.37. The summed E-state index contributed by atoms with van der Waals surface area (Å²) in [6, 6.07) is 13.3. The number of fused-ring (bicyclic) bond motifs is 1.